The van der Waals surface area contributed by atoms with E-state index in [0.29, 0.717) is 11.8 Å². The Balaban J connectivity index is 4.85. The summed E-state index contributed by atoms with van der Waals surface area (Å²) in [6.45, 7) is 8.91. The van der Waals surface area contributed by atoms with E-state index in [9.17, 15) is 14.7 Å². The highest BCUT2D eigenvalue weighted by atomic mass is 16.4. The van der Waals surface area contributed by atoms with Gasteiger partial charge < -0.3 is 10.2 Å². The molecule has 0 aliphatic rings. The molecular formula is C29H56O4. The predicted molar refractivity (Wildman–Crippen MR) is 140 cm³/mol. The molecule has 4 heteroatoms. The predicted octanol–water partition coefficient (Wildman–Crippen LogP) is 9.26. The molecule has 0 radical (unpaired) electrons. The maximum absolute atomic E-state index is 12.7. The highest BCUT2D eigenvalue weighted by Gasteiger charge is 2.40. The summed E-state index contributed by atoms with van der Waals surface area (Å²) in [4.78, 5) is 23.3. The molecule has 0 heterocycles. The van der Waals surface area contributed by atoms with Gasteiger partial charge in [-0.15, -0.1) is 0 Å². The highest BCUT2D eigenvalue weighted by Crippen LogP contribution is 2.43. The van der Waals surface area contributed by atoms with Gasteiger partial charge in [0.05, 0.1) is 5.41 Å². The number of hydrogen-bond acceptors (Lipinski definition) is 2. The summed E-state index contributed by atoms with van der Waals surface area (Å²) in [6.07, 6.45) is 20.6. The lowest BCUT2D eigenvalue weighted by Crippen LogP contribution is -2.36. The molecule has 0 rings (SSSR count). The SMILES string of the molecule is CCCCC(CC)CC(CCCCCCCCCCC(=O)O)(CC(CC)CCCC)C(=O)O. The van der Waals surface area contributed by atoms with Crippen LogP contribution >= 0.6 is 0 Å². The molecule has 2 N–H and O–H groups in total. The van der Waals surface area contributed by atoms with Crippen LogP contribution in [-0.4, -0.2) is 22.2 Å². The lowest BCUT2D eigenvalue weighted by atomic mass is 9.67. The smallest absolute Gasteiger partial charge is 0.309 e. The first-order valence-electron chi connectivity index (χ1n) is 14.3. The molecule has 2 atom stereocenters. The van der Waals surface area contributed by atoms with Crippen LogP contribution in [0, 0.1) is 17.3 Å². The molecule has 0 aromatic rings. The zero-order valence-electron chi connectivity index (χ0n) is 22.5. The highest BCUT2D eigenvalue weighted by molar-refractivity contribution is 5.74. The topological polar surface area (TPSA) is 74.6 Å². The molecule has 0 amide bonds. The summed E-state index contributed by atoms with van der Waals surface area (Å²) in [5.74, 6) is -0.200. The van der Waals surface area contributed by atoms with Crippen molar-refractivity contribution < 1.29 is 19.8 Å². The van der Waals surface area contributed by atoms with Gasteiger partial charge >= 0.3 is 11.9 Å². The average Bonchev–Trinajstić information content (AvgIpc) is 2.79. The van der Waals surface area contributed by atoms with E-state index in [-0.39, 0.29) is 6.42 Å². The van der Waals surface area contributed by atoms with Crippen molar-refractivity contribution in [3.8, 4) is 0 Å². The van der Waals surface area contributed by atoms with E-state index >= 15 is 0 Å². The molecule has 0 fully saturated rings. The van der Waals surface area contributed by atoms with Crippen LogP contribution in [-0.2, 0) is 9.59 Å². The first-order chi connectivity index (χ1) is 15.8. The number of rotatable bonds is 24. The standard InChI is InChI=1S/C29H56O4/c1-5-9-19-25(7-3)23-29(28(32)33,24-26(8-4)20-10-6-2)22-18-16-14-12-11-13-15-17-21-27(30)31/h25-26H,5-24H2,1-4H3,(H,30,31)(H,32,33). The maximum Gasteiger partial charge on any atom is 0.309 e. The number of carbonyl (C=O) groups is 2. The van der Waals surface area contributed by atoms with Crippen molar-refractivity contribution in [3.05, 3.63) is 0 Å². The minimum atomic E-state index is -0.697. The quantitative estimate of drug-likeness (QED) is 0.138. The van der Waals surface area contributed by atoms with Gasteiger partial charge in [0.1, 0.15) is 0 Å². The van der Waals surface area contributed by atoms with Crippen molar-refractivity contribution in [2.45, 2.75) is 156 Å². The number of aliphatic carboxylic acids is 2. The Morgan fingerprint density at radius 2 is 1.06 bits per heavy atom. The van der Waals surface area contributed by atoms with Gasteiger partial charge in [0.25, 0.3) is 0 Å². The fraction of sp³-hybridized carbons (Fsp3) is 0.931. The van der Waals surface area contributed by atoms with E-state index in [2.05, 4.69) is 27.7 Å². The van der Waals surface area contributed by atoms with Crippen LogP contribution in [0.15, 0.2) is 0 Å². The Labute approximate surface area is 205 Å². The Morgan fingerprint density at radius 3 is 1.42 bits per heavy atom. The summed E-state index contributed by atoms with van der Waals surface area (Å²) in [5.41, 5.74) is -0.556. The number of carboxylic acid groups (broad SMARTS) is 2. The van der Waals surface area contributed by atoms with Crippen molar-refractivity contribution >= 4 is 11.9 Å². The third-order valence-corrected chi connectivity index (χ3v) is 7.70. The third-order valence-electron chi connectivity index (χ3n) is 7.70. The van der Waals surface area contributed by atoms with E-state index in [4.69, 9.17) is 5.11 Å². The number of unbranched alkanes of at least 4 members (excludes halogenated alkanes) is 9. The van der Waals surface area contributed by atoms with E-state index < -0.39 is 17.4 Å². The molecule has 196 valence electrons. The Bertz CT molecular complexity index is 470. The summed E-state index contributed by atoms with van der Waals surface area (Å²) in [6, 6.07) is 0. The van der Waals surface area contributed by atoms with E-state index in [1.54, 1.807) is 0 Å². The third kappa shape index (κ3) is 15.5. The van der Waals surface area contributed by atoms with Crippen LogP contribution in [0.2, 0.25) is 0 Å². The van der Waals surface area contributed by atoms with Gasteiger partial charge in [-0.3, -0.25) is 9.59 Å². The van der Waals surface area contributed by atoms with Gasteiger partial charge in [-0.1, -0.05) is 124 Å². The molecular weight excluding hydrogens is 412 g/mol. The fourth-order valence-corrected chi connectivity index (χ4v) is 5.36. The van der Waals surface area contributed by atoms with Crippen LogP contribution in [0.3, 0.4) is 0 Å². The van der Waals surface area contributed by atoms with Gasteiger partial charge in [0, 0.05) is 6.42 Å². The van der Waals surface area contributed by atoms with Gasteiger partial charge in [-0.2, -0.15) is 0 Å². The molecule has 0 aliphatic heterocycles. The lowest BCUT2D eigenvalue weighted by Gasteiger charge is -2.36. The summed E-state index contributed by atoms with van der Waals surface area (Å²) >= 11 is 0. The Morgan fingerprint density at radius 1 is 0.636 bits per heavy atom. The Hall–Kier alpha value is -1.06. The molecule has 0 spiro atoms. The van der Waals surface area contributed by atoms with Gasteiger partial charge in [0.15, 0.2) is 0 Å². The molecule has 0 bridgehead atoms. The first-order valence-corrected chi connectivity index (χ1v) is 14.3. The number of carboxylic acids is 2. The van der Waals surface area contributed by atoms with Crippen LogP contribution in [0.4, 0.5) is 0 Å². The summed E-state index contributed by atoms with van der Waals surface area (Å²) in [5, 5.41) is 19.2. The van der Waals surface area contributed by atoms with E-state index in [1.807, 2.05) is 0 Å². The summed E-state index contributed by atoms with van der Waals surface area (Å²) in [7, 11) is 0. The van der Waals surface area contributed by atoms with Gasteiger partial charge in [-0.05, 0) is 37.5 Å². The minimum Gasteiger partial charge on any atom is -0.481 e. The zero-order chi connectivity index (χ0) is 25.0. The normalized spacial score (nSPS) is 15.2. The van der Waals surface area contributed by atoms with Crippen molar-refractivity contribution in [3.63, 3.8) is 0 Å². The van der Waals surface area contributed by atoms with E-state index in [1.165, 1.54) is 32.1 Å². The second-order valence-corrected chi connectivity index (χ2v) is 10.5. The van der Waals surface area contributed by atoms with Crippen molar-refractivity contribution in [1.29, 1.82) is 0 Å². The molecule has 0 aromatic heterocycles. The van der Waals surface area contributed by atoms with Crippen LogP contribution in [0.25, 0.3) is 0 Å². The molecule has 0 aromatic carbocycles. The average molecular weight is 469 g/mol. The zero-order valence-corrected chi connectivity index (χ0v) is 22.5. The molecule has 0 aliphatic carbocycles. The largest absolute Gasteiger partial charge is 0.481 e. The van der Waals surface area contributed by atoms with Crippen molar-refractivity contribution in [1.82, 2.24) is 0 Å². The first kappa shape index (κ1) is 31.9. The lowest BCUT2D eigenvalue weighted by molar-refractivity contribution is -0.152. The maximum atomic E-state index is 12.7. The molecule has 2 unspecified atom stereocenters. The minimum absolute atomic E-state index is 0.283. The number of hydrogen-bond donors (Lipinski definition) is 2. The second kappa shape index (κ2) is 20.3. The molecule has 0 saturated heterocycles. The Kier molecular flexibility index (Phi) is 19.7. The molecule has 33 heavy (non-hydrogen) atoms. The van der Waals surface area contributed by atoms with Gasteiger partial charge in [-0.25, -0.2) is 0 Å². The van der Waals surface area contributed by atoms with Gasteiger partial charge in [0.2, 0.25) is 0 Å². The van der Waals surface area contributed by atoms with Crippen LogP contribution < -0.4 is 0 Å². The van der Waals surface area contributed by atoms with Crippen molar-refractivity contribution in [2.24, 2.45) is 17.3 Å². The molecule has 4 nitrogen and oxygen atoms in total. The monoisotopic (exact) mass is 468 g/mol. The summed E-state index contributed by atoms with van der Waals surface area (Å²) < 4.78 is 0. The van der Waals surface area contributed by atoms with Crippen LogP contribution in [0.5, 0.6) is 0 Å². The molecule has 0 saturated carbocycles. The fourth-order valence-electron chi connectivity index (χ4n) is 5.36. The van der Waals surface area contributed by atoms with Crippen molar-refractivity contribution in [2.75, 3.05) is 0 Å². The van der Waals surface area contributed by atoms with E-state index in [0.717, 1.165) is 89.9 Å². The second-order valence-electron chi connectivity index (χ2n) is 10.5. The van der Waals surface area contributed by atoms with Crippen LogP contribution in [0.1, 0.15) is 156 Å².